The molecular weight excluding hydrogens is 340 g/mol. The Morgan fingerprint density at radius 1 is 0.786 bits per heavy atom. The quantitative estimate of drug-likeness (QED) is 0.669. The molecule has 1 aliphatic heterocycles. The number of hydrogen-bond acceptors (Lipinski definition) is 0. The highest BCUT2D eigenvalue weighted by atomic mass is 15.4. The van der Waals surface area contributed by atoms with Gasteiger partial charge < -0.3 is 0 Å². The molecule has 160 valence electrons. The standard InChI is InChI=1S/C26H46N2/c1-17(2)26-27(15-24-20(5)11-18(3)12-21(24)6)9-10-28(26)16-25-22(7)13-19(4)14-23(25)8/h11,13,17,20-26H,9-10,12,14-16H2,1-8H3/p+2/t20-,21+,22-,23+,24-,25-/m1/s1. The molecule has 2 unspecified atom stereocenters. The SMILES string of the molecule is CC1=C[C@@H](C)[C@@H](C[NH+]2CC[NH+](C[C@@H]3[C@H](C)C=C(C)C[C@@H]3C)C2C(C)C)[C@@H](C)C1. The summed E-state index contributed by atoms with van der Waals surface area (Å²) in [6, 6.07) is 0. The highest BCUT2D eigenvalue weighted by molar-refractivity contribution is 5.09. The molecule has 2 nitrogen and oxygen atoms in total. The number of allylic oxidation sites excluding steroid dienone is 4. The van der Waals surface area contributed by atoms with Crippen LogP contribution in [0.4, 0.5) is 0 Å². The van der Waals surface area contributed by atoms with Crippen molar-refractivity contribution < 1.29 is 9.80 Å². The molecule has 28 heavy (non-hydrogen) atoms. The van der Waals surface area contributed by atoms with E-state index in [9.17, 15) is 0 Å². The fourth-order valence-electron chi connectivity index (χ4n) is 7.34. The molecule has 1 saturated heterocycles. The average molecular weight is 389 g/mol. The van der Waals surface area contributed by atoms with Crippen LogP contribution in [0, 0.1) is 41.4 Å². The largest absolute Gasteiger partial charge is 0.281 e. The van der Waals surface area contributed by atoms with Crippen molar-refractivity contribution in [2.24, 2.45) is 41.4 Å². The van der Waals surface area contributed by atoms with Gasteiger partial charge in [0.25, 0.3) is 0 Å². The van der Waals surface area contributed by atoms with Gasteiger partial charge in [-0.3, -0.25) is 9.80 Å². The lowest BCUT2D eigenvalue weighted by Crippen LogP contribution is -3.30. The number of nitrogens with one attached hydrogen (secondary N) is 2. The van der Waals surface area contributed by atoms with Crippen molar-refractivity contribution >= 4 is 0 Å². The molecule has 2 heteroatoms. The fourth-order valence-corrected chi connectivity index (χ4v) is 7.34. The van der Waals surface area contributed by atoms with Crippen molar-refractivity contribution in [2.75, 3.05) is 26.2 Å². The lowest BCUT2D eigenvalue weighted by atomic mass is 9.74. The third-order valence-electron chi connectivity index (χ3n) is 8.50. The van der Waals surface area contributed by atoms with Gasteiger partial charge in [0.15, 0.2) is 0 Å². The van der Waals surface area contributed by atoms with Crippen LogP contribution in [0.1, 0.15) is 68.2 Å². The normalized spacial score (nSPS) is 44.5. The molecule has 1 fully saturated rings. The van der Waals surface area contributed by atoms with Gasteiger partial charge in [-0.05, 0) is 50.4 Å². The molecule has 0 aromatic heterocycles. The number of rotatable bonds is 5. The molecule has 0 saturated carbocycles. The van der Waals surface area contributed by atoms with Crippen LogP contribution >= 0.6 is 0 Å². The van der Waals surface area contributed by atoms with Gasteiger partial charge in [-0.25, -0.2) is 0 Å². The van der Waals surface area contributed by atoms with Gasteiger partial charge in [-0.1, -0.05) is 64.8 Å². The zero-order valence-corrected chi connectivity index (χ0v) is 20.0. The van der Waals surface area contributed by atoms with Crippen LogP contribution < -0.4 is 9.80 Å². The second-order valence-corrected chi connectivity index (χ2v) is 11.4. The maximum absolute atomic E-state index is 2.56. The van der Waals surface area contributed by atoms with E-state index in [4.69, 9.17) is 0 Å². The van der Waals surface area contributed by atoms with E-state index in [1.54, 1.807) is 11.1 Å². The van der Waals surface area contributed by atoms with E-state index >= 15 is 0 Å². The number of quaternary nitrogens is 2. The predicted octanol–water partition coefficient (Wildman–Crippen LogP) is 3.23. The molecule has 0 aromatic rings. The molecule has 0 aromatic carbocycles. The monoisotopic (exact) mass is 388 g/mol. The van der Waals surface area contributed by atoms with Crippen molar-refractivity contribution in [3.05, 3.63) is 23.3 Å². The first-order chi connectivity index (χ1) is 13.2. The van der Waals surface area contributed by atoms with E-state index in [2.05, 4.69) is 67.5 Å². The minimum atomic E-state index is 0.750. The zero-order valence-electron chi connectivity index (χ0n) is 20.0. The van der Waals surface area contributed by atoms with Crippen LogP contribution in [-0.4, -0.2) is 32.3 Å². The number of hydrogen-bond donors (Lipinski definition) is 2. The Balaban J connectivity index is 1.69. The van der Waals surface area contributed by atoms with Gasteiger partial charge in [0.05, 0.1) is 19.0 Å². The summed E-state index contributed by atoms with van der Waals surface area (Å²) in [7, 11) is 0. The van der Waals surface area contributed by atoms with E-state index in [1.165, 1.54) is 39.0 Å². The van der Waals surface area contributed by atoms with Gasteiger partial charge in [0, 0.05) is 11.8 Å². The van der Waals surface area contributed by atoms with Crippen LogP contribution in [0.3, 0.4) is 0 Å². The Hall–Kier alpha value is -0.600. The molecule has 3 aliphatic rings. The van der Waals surface area contributed by atoms with Crippen molar-refractivity contribution in [3.63, 3.8) is 0 Å². The second-order valence-electron chi connectivity index (χ2n) is 11.4. The summed E-state index contributed by atoms with van der Waals surface area (Å²) in [6.07, 6.45) is 8.55. The van der Waals surface area contributed by atoms with Gasteiger partial charge >= 0.3 is 0 Å². The van der Waals surface area contributed by atoms with Gasteiger partial charge in [0.2, 0.25) is 6.17 Å². The van der Waals surface area contributed by atoms with E-state index < -0.39 is 0 Å². The first-order valence-electron chi connectivity index (χ1n) is 12.2. The molecule has 0 amide bonds. The minimum Gasteiger partial charge on any atom is -0.281 e. The second kappa shape index (κ2) is 9.04. The van der Waals surface area contributed by atoms with Gasteiger partial charge in [-0.15, -0.1) is 0 Å². The zero-order chi connectivity index (χ0) is 20.6. The molecule has 0 spiro atoms. The van der Waals surface area contributed by atoms with Gasteiger partial charge in [-0.2, -0.15) is 0 Å². The van der Waals surface area contributed by atoms with E-state index in [1.807, 2.05) is 9.80 Å². The summed E-state index contributed by atoms with van der Waals surface area (Å²) in [5.41, 5.74) is 3.23. The first kappa shape index (κ1) is 22.1. The van der Waals surface area contributed by atoms with Crippen LogP contribution in [0.5, 0.6) is 0 Å². The fraction of sp³-hybridized carbons (Fsp3) is 0.846. The molecule has 0 bridgehead atoms. The molecular formula is C26H48N2+2. The average Bonchev–Trinajstić information content (AvgIpc) is 2.96. The Morgan fingerprint density at radius 2 is 1.18 bits per heavy atom. The van der Waals surface area contributed by atoms with Crippen LogP contribution in [-0.2, 0) is 0 Å². The summed E-state index contributed by atoms with van der Waals surface area (Å²) >= 11 is 0. The summed E-state index contributed by atoms with van der Waals surface area (Å²) in [4.78, 5) is 3.81. The van der Waals surface area contributed by atoms with Crippen molar-refractivity contribution in [1.29, 1.82) is 0 Å². The molecule has 3 rings (SSSR count). The van der Waals surface area contributed by atoms with E-state index in [-0.39, 0.29) is 0 Å². The Labute approximate surface area is 175 Å². The van der Waals surface area contributed by atoms with Crippen molar-refractivity contribution in [2.45, 2.75) is 74.4 Å². The minimum absolute atomic E-state index is 0.750. The maximum atomic E-state index is 2.56. The Bertz CT molecular complexity index is 541. The van der Waals surface area contributed by atoms with E-state index in [0.29, 0.717) is 0 Å². The molecule has 2 N–H and O–H groups in total. The summed E-state index contributed by atoms with van der Waals surface area (Å²) in [6.45, 7) is 25.1. The maximum Gasteiger partial charge on any atom is 0.216 e. The van der Waals surface area contributed by atoms with E-state index in [0.717, 1.165) is 47.6 Å². The summed E-state index contributed by atoms with van der Waals surface area (Å²) < 4.78 is 0. The predicted molar refractivity (Wildman–Crippen MR) is 120 cm³/mol. The Kier molecular flexibility index (Phi) is 7.14. The molecule has 8 atom stereocenters. The van der Waals surface area contributed by atoms with Crippen LogP contribution in [0.2, 0.25) is 0 Å². The lowest BCUT2D eigenvalue weighted by molar-refractivity contribution is -1.07. The van der Waals surface area contributed by atoms with Gasteiger partial charge in [0.1, 0.15) is 13.1 Å². The Morgan fingerprint density at radius 3 is 1.50 bits per heavy atom. The highest BCUT2D eigenvalue weighted by Gasteiger charge is 2.45. The van der Waals surface area contributed by atoms with Crippen LogP contribution in [0.15, 0.2) is 23.3 Å². The molecule has 2 aliphatic carbocycles. The third kappa shape index (κ3) is 4.75. The third-order valence-corrected chi connectivity index (χ3v) is 8.50. The van der Waals surface area contributed by atoms with Crippen molar-refractivity contribution in [1.82, 2.24) is 0 Å². The topological polar surface area (TPSA) is 8.88 Å². The molecule has 1 heterocycles. The first-order valence-corrected chi connectivity index (χ1v) is 12.2. The summed E-state index contributed by atoms with van der Waals surface area (Å²) in [5.74, 6) is 5.67. The molecule has 0 radical (unpaired) electrons. The smallest absolute Gasteiger partial charge is 0.216 e. The summed E-state index contributed by atoms with van der Waals surface area (Å²) in [5, 5.41) is 0. The lowest BCUT2D eigenvalue weighted by Gasteiger charge is -2.38. The van der Waals surface area contributed by atoms with Crippen LogP contribution in [0.25, 0.3) is 0 Å². The highest BCUT2D eigenvalue weighted by Crippen LogP contribution is 2.33. The van der Waals surface area contributed by atoms with Crippen molar-refractivity contribution in [3.8, 4) is 0 Å².